The molecule has 0 aliphatic carbocycles. The van der Waals surface area contributed by atoms with E-state index in [2.05, 4.69) is 15.6 Å². The Bertz CT molecular complexity index is 576. The monoisotopic (exact) mass is 390 g/mol. The fraction of sp³-hybridized carbons (Fsp3) is 0.643. The topological polar surface area (TPSA) is 243 Å². The van der Waals surface area contributed by atoms with Gasteiger partial charge in [-0.3, -0.25) is 19.4 Å². The van der Waals surface area contributed by atoms with Gasteiger partial charge in [-0.25, -0.2) is 4.79 Å². The Morgan fingerprint density at radius 2 is 1.67 bits per heavy atom. The molecule has 0 saturated heterocycles. The highest BCUT2D eigenvalue weighted by Crippen LogP contribution is 2.02. The zero-order chi connectivity index (χ0) is 21.1. The lowest BCUT2D eigenvalue weighted by atomic mass is 10.1. The van der Waals surface area contributed by atoms with Gasteiger partial charge >= 0.3 is 11.9 Å². The third kappa shape index (κ3) is 9.96. The number of aliphatic carboxylic acids is 2. The minimum absolute atomic E-state index is 0.00312. The number of amides is 2. The van der Waals surface area contributed by atoms with Crippen molar-refractivity contribution < 1.29 is 34.5 Å². The van der Waals surface area contributed by atoms with Gasteiger partial charge in [0.2, 0.25) is 11.8 Å². The van der Waals surface area contributed by atoms with E-state index >= 15 is 0 Å². The molecule has 13 nitrogen and oxygen atoms in total. The Hall–Kier alpha value is -2.93. The van der Waals surface area contributed by atoms with E-state index in [1.165, 1.54) is 6.92 Å². The van der Waals surface area contributed by atoms with E-state index < -0.39 is 54.4 Å². The van der Waals surface area contributed by atoms with Crippen molar-refractivity contribution in [2.45, 2.75) is 50.4 Å². The van der Waals surface area contributed by atoms with Gasteiger partial charge in [0.25, 0.3) is 0 Å². The molecule has 4 atom stereocenters. The molecule has 0 saturated carbocycles. The van der Waals surface area contributed by atoms with Crippen LogP contribution in [0.4, 0.5) is 0 Å². The van der Waals surface area contributed by atoms with Crippen LogP contribution in [-0.2, 0) is 19.2 Å². The van der Waals surface area contributed by atoms with E-state index in [1.807, 2.05) is 0 Å². The van der Waals surface area contributed by atoms with Crippen LogP contribution < -0.4 is 27.8 Å². The number of nitrogens with zero attached hydrogens (tertiary/aromatic N) is 1. The zero-order valence-corrected chi connectivity index (χ0v) is 14.8. The molecule has 11 N–H and O–H groups in total. The number of carbonyl (C=O) groups is 4. The molecule has 0 fully saturated rings. The van der Waals surface area contributed by atoms with Crippen LogP contribution >= 0.6 is 0 Å². The van der Waals surface area contributed by atoms with Gasteiger partial charge < -0.3 is 43.2 Å². The molecule has 0 aromatic carbocycles. The summed E-state index contributed by atoms with van der Waals surface area (Å²) in [4.78, 5) is 49.6. The van der Waals surface area contributed by atoms with Crippen molar-refractivity contribution in [2.24, 2.45) is 22.2 Å². The average molecular weight is 390 g/mol. The molecule has 0 aliphatic rings. The van der Waals surface area contributed by atoms with E-state index in [-0.39, 0.29) is 25.3 Å². The standard InChI is InChI=1S/C14H26N6O7/c1-6(21)10(20-11(24)7(15)5-9(22)23)12(25)19-8(13(26)27)3-2-4-18-14(16)17/h6-8,10,21H,2-5,15H2,1H3,(H,19,25)(H,20,24)(H,22,23)(H,26,27)(H4,16,17,18). The van der Waals surface area contributed by atoms with E-state index in [4.69, 9.17) is 22.3 Å². The molecule has 0 bridgehead atoms. The number of hydrogen-bond donors (Lipinski definition) is 8. The number of guanidine groups is 1. The Morgan fingerprint density at radius 1 is 1.07 bits per heavy atom. The van der Waals surface area contributed by atoms with Crippen LogP contribution in [0.3, 0.4) is 0 Å². The van der Waals surface area contributed by atoms with Crippen molar-refractivity contribution >= 4 is 29.7 Å². The number of carbonyl (C=O) groups excluding carboxylic acids is 2. The summed E-state index contributed by atoms with van der Waals surface area (Å²) >= 11 is 0. The maximum absolute atomic E-state index is 12.2. The number of nitrogens with two attached hydrogens (primary N) is 3. The van der Waals surface area contributed by atoms with Crippen LogP contribution in [-0.4, -0.2) is 75.8 Å². The lowest BCUT2D eigenvalue weighted by Gasteiger charge is -2.24. The van der Waals surface area contributed by atoms with Crippen LogP contribution in [0.15, 0.2) is 4.99 Å². The molecule has 2 amide bonds. The summed E-state index contributed by atoms with van der Waals surface area (Å²) in [7, 11) is 0. The molecule has 13 heteroatoms. The summed E-state index contributed by atoms with van der Waals surface area (Å²) in [6.07, 6.45) is -1.81. The Labute approximate surface area is 155 Å². The highest BCUT2D eigenvalue weighted by Gasteiger charge is 2.31. The Kier molecular flexibility index (Phi) is 10.4. The Morgan fingerprint density at radius 3 is 2.11 bits per heavy atom. The van der Waals surface area contributed by atoms with E-state index in [0.29, 0.717) is 0 Å². The van der Waals surface area contributed by atoms with Crippen molar-refractivity contribution in [3.05, 3.63) is 0 Å². The predicted octanol–water partition coefficient (Wildman–Crippen LogP) is -3.72. The first kappa shape index (κ1) is 24.1. The van der Waals surface area contributed by atoms with Crippen molar-refractivity contribution in [1.29, 1.82) is 0 Å². The minimum Gasteiger partial charge on any atom is -0.481 e. The highest BCUT2D eigenvalue weighted by atomic mass is 16.4. The van der Waals surface area contributed by atoms with Crippen LogP contribution in [0.5, 0.6) is 0 Å². The van der Waals surface area contributed by atoms with Crippen LogP contribution in [0.2, 0.25) is 0 Å². The van der Waals surface area contributed by atoms with E-state index in [1.54, 1.807) is 0 Å². The maximum Gasteiger partial charge on any atom is 0.326 e. The molecule has 0 spiro atoms. The maximum atomic E-state index is 12.2. The number of carboxylic acids is 2. The molecule has 0 radical (unpaired) electrons. The van der Waals surface area contributed by atoms with Crippen LogP contribution in [0, 0.1) is 0 Å². The quantitative estimate of drug-likeness (QED) is 0.0919. The fourth-order valence-electron chi connectivity index (χ4n) is 1.97. The molecule has 0 aliphatic heterocycles. The van der Waals surface area contributed by atoms with Crippen molar-refractivity contribution in [3.8, 4) is 0 Å². The average Bonchev–Trinajstić information content (AvgIpc) is 2.53. The third-order valence-corrected chi connectivity index (χ3v) is 3.35. The molecule has 0 aromatic heterocycles. The number of aliphatic hydroxyl groups is 1. The van der Waals surface area contributed by atoms with Crippen molar-refractivity contribution in [1.82, 2.24) is 10.6 Å². The normalized spacial score (nSPS) is 14.9. The molecule has 0 rings (SSSR count). The molecule has 0 aromatic rings. The largest absolute Gasteiger partial charge is 0.481 e. The minimum atomic E-state index is -1.52. The second-order valence-electron chi connectivity index (χ2n) is 5.78. The van der Waals surface area contributed by atoms with Gasteiger partial charge in [0.15, 0.2) is 5.96 Å². The van der Waals surface area contributed by atoms with Crippen molar-refractivity contribution in [2.75, 3.05) is 6.54 Å². The summed E-state index contributed by atoms with van der Waals surface area (Å²) in [5, 5.41) is 31.8. The van der Waals surface area contributed by atoms with Gasteiger partial charge in [0.1, 0.15) is 12.1 Å². The summed E-state index contributed by atoms with van der Waals surface area (Å²) in [5.74, 6) is -4.73. The van der Waals surface area contributed by atoms with Crippen LogP contribution in [0.1, 0.15) is 26.2 Å². The van der Waals surface area contributed by atoms with Gasteiger partial charge in [0, 0.05) is 6.54 Å². The lowest BCUT2D eigenvalue weighted by Crippen LogP contribution is -2.58. The van der Waals surface area contributed by atoms with Gasteiger partial charge in [-0.2, -0.15) is 0 Å². The molecule has 4 unspecified atom stereocenters. The highest BCUT2D eigenvalue weighted by molar-refractivity contribution is 5.93. The van der Waals surface area contributed by atoms with Crippen molar-refractivity contribution in [3.63, 3.8) is 0 Å². The van der Waals surface area contributed by atoms with E-state index in [9.17, 15) is 29.4 Å². The molecule has 0 heterocycles. The molecular weight excluding hydrogens is 364 g/mol. The predicted molar refractivity (Wildman–Crippen MR) is 93.3 cm³/mol. The number of hydrogen-bond acceptors (Lipinski definition) is 7. The third-order valence-electron chi connectivity index (χ3n) is 3.35. The van der Waals surface area contributed by atoms with Gasteiger partial charge in [-0.1, -0.05) is 0 Å². The number of aliphatic hydroxyl groups excluding tert-OH is 1. The summed E-state index contributed by atoms with van der Waals surface area (Å²) < 4.78 is 0. The Balaban J connectivity index is 4.91. The first-order valence-electron chi connectivity index (χ1n) is 8.00. The second kappa shape index (κ2) is 11.6. The van der Waals surface area contributed by atoms with Gasteiger partial charge in [0.05, 0.1) is 18.6 Å². The van der Waals surface area contributed by atoms with Crippen LogP contribution in [0.25, 0.3) is 0 Å². The summed E-state index contributed by atoms with van der Waals surface area (Å²) in [6, 6.07) is -4.26. The zero-order valence-electron chi connectivity index (χ0n) is 14.8. The lowest BCUT2D eigenvalue weighted by molar-refractivity contribution is -0.143. The van der Waals surface area contributed by atoms with Gasteiger partial charge in [-0.05, 0) is 19.8 Å². The summed E-state index contributed by atoms with van der Waals surface area (Å²) in [5.41, 5.74) is 15.7. The molecular formula is C14H26N6O7. The number of rotatable bonds is 12. The first-order chi connectivity index (χ1) is 12.5. The smallest absolute Gasteiger partial charge is 0.326 e. The molecule has 27 heavy (non-hydrogen) atoms. The number of nitrogens with one attached hydrogen (secondary N) is 2. The van der Waals surface area contributed by atoms with E-state index in [0.717, 1.165) is 0 Å². The summed E-state index contributed by atoms with van der Waals surface area (Å²) in [6.45, 7) is 1.35. The fourth-order valence-corrected chi connectivity index (χ4v) is 1.97. The number of carboxylic acid groups (broad SMARTS) is 2. The van der Waals surface area contributed by atoms with Gasteiger partial charge in [-0.15, -0.1) is 0 Å². The second-order valence-corrected chi connectivity index (χ2v) is 5.78. The number of aliphatic imine (C=N–C) groups is 1. The SMILES string of the molecule is CC(O)C(NC(=O)C(N)CC(=O)O)C(=O)NC(CCCN=C(N)N)C(=O)O. The molecule has 154 valence electrons. The first-order valence-corrected chi connectivity index (χ1v) is 8.00.